The maximum Gasteiger partial charge on any atom is 0.0964 e. The first kappa shape index (κ1) is 15.2. The third kappa shape index (κ3) is 2.16. The van der Waals surface area contributed by atoms with Crippen molar-refractivity contribution in [2.45, 2.75) is 58.8 Å². The highest BCUT2D eigenvalue weighted by atomic mass is 15.2. The van der Waals surface area contributed by atoms with E-state index in [0.717, 1.165) is 17.7 Å². The van der Waals surface area contributed by atoms with Crippen LogP contribution in [0, 0.1) is 5.41 Å². The molecule has 1 aliphatic rings. The van der Waals surface area contributed by atoms with Gasteiger partial charge in [-0.3, -0.25) is 4.68 Å². The largest absolute Gasteiger partial charge is 0.275 e. The summed E-state index contributed by atoms with van der Waals surface area (Å²) in [5, 5.41) is 13.4. The summed E-state index contributed by atoms with van der Waals surface area (Å²) >= 11 is 0. The Hall–Kier alpha value is -1.71. The molecule has 1 atom stereocenters. The maximum atomic E-state index is 4.66. The van der Waals surface area contributed by atoms with Crippen LogP contribution in [0.15, 0.2) is 18.5 Å². The number of fused-ring (bicyclic) bond motifs is 1. The van der Waals surface area contributed by atoms with Crippen molar-refractivity contribution >= 4 is 0 Å². The van der Waals surface area contributed by atoms with Gasteiger partial charge in [-0.2, -0.15) is 15.3 Å². The van der Waals surface area contributed by atoms with Crippen LogP contribution in [0.4, 0.5) is 0 Å². The Labute approximate surface area is 133 Å². The highest BCUT2D eigenvalue weighted by Gasteiger charge is 2.47. The molecule has 4 nitrogen and oxygen atoms in total. The molecule has 0 saturated carbocycles. The van der Waals surface area contributed by atoms with E-state index in [1.54, 1.807) is 4.68 Å². The van der Waals surface area contributed by atoms with E-state index in [1.807, 2.05) is 19.4 Å². The zero-order valence-corrected chi connectivity index (χ0v) is 14.5. The van der Waals surface area contributed by atoms with E-state index in [1.165, 1.54) is 17.7 Å². The zero-order chi connectivity index (χ0) is 16.1. The van der Waals surface area contributed by atoms with Crippen molar-refractivity contribution in [2.24, 2.45) is 12.5 Å². The summed E-state index contributed by atoms with van der Waals surface area (Å²) in [6.45, 7) is 11.6. The SMILES string of the molecule is CC[C@@H]1CC(C)(C)C(C)(C)c2nnc(-c3cnn(C)c3)cc21. The van der Waals surface area contributed by atoms with Crippen molar-refractivity contribution in [1.82, 2.24) is 20.0 Å². The predicted molar refractivity (Wildman–Crippen MR) is 88.7 cm³/mol. The molecule has 2 aromatic rings. The summed E-state index contributed by atoms with van der Waals surface area (Å²) in [6, 6.07) is 2.24. The summed E-state index contributed by atoms with van der Waals surface area (Å²) in [7, 11) is 1.93. The minimum Gasteiger partial charge on any atom is -0.275 e. The fourth-order valence-corrected chi connectivity index (χ4v) is 3.56. The van der Waals surface area contributed by atoms with Crippen molar-refractivity contribution in [3.8, 4) is 11.3 Å². The van der Waals surface area contributed by atoms with Crippen LogP contribution >= 0.6 is 0 Å². The van der Waals surface area contributed by atoms with Crippen molar-refractivity contribution in [1.29, 1.82) is 0 Å². The van der Waals surface area contributed by atoms with E-state index < -0.39 is 0 Å². The third-order valence-electron chi connectivity index (χ3n) is 5.80. The molecular weight excluding hydrogens is 272 g/mol. The van der Waals surface area contributed by atoms with Gasteiger partial charge in [-0.05, 0) is 35.8 Å². The van der Waals surface area contributed by atoms with Gasteiger partial charge in [0.1, 0.15) is 0 Å². The van der Waals surface area contributed by atoms with Crippen LogP contribution in [0.25, 0.3) is 11.3 Å². The fourth-order valence-electron chi connectivity index (χ4n) is 3.56. The normalized spacial score (nSPS) is 22.4. The first-order valence-electron chi connectivity index (χ1n) is 8.13. The lowest BCUT2D eigenvalue weighted by Crippen LogP contribution is -2.43. The molecule has 0 spiro atoms. The number of rotatable bonds is 2. The van der Waals surface area contributed by atoms with Crippen LogP contribution in [0.1, 0.15) is 64.6 Å². The molecule has 0 amide bonds. The highest BCUT2D eigenvalue weighted by Crippen LogP contribution is 2.53. The summed E-state index contributed by atoms with van der Waals surface area (Å²) in [5.74, 6) is 0.559. The molecule has 0 fully saturated rings. The van der Waals surface area contributed by atoms with Gasteiger partial charge in [0.2, 0.25) is 0 Å². The van der Waals surface area contributed by atoms with Crippen molar-refractivity contribution in [2.75, 3.05) is 0 Å². The maximum absolute atomic E-state index is 4.66. The fraction of sp³-hybridized carbons (Fsp3) is 0.611. The van der Waals surface area contributed by atoms with E-state index in [9.17, 15) is 0 Å². The monoisotopic (exact) mass is 298 g/mol. The molecule has 22 heavy (non-hydrogen) atoms. The second-order valence-electron chi connectivity index (χ2n) is 7.75. The molecule has 118 valence electrons. The summed E-state index contributed by atoms with van der Waals surface area (Å²) in [4.78, 5) is 0. The van der Waals surface area contributed by atoms with Crippen LogP contribution in [0.2, 0.25) is 0 Å². The first-order valence-corrected chi connectivity index (χ1v) is 8.13. The average Bonchev–Trinajstić information content (AvgIpc) is 2.89. The van der Waals surface area contributed by atoms with Crippen LogP contribution in [0.5, 0.6) is 0 Å². The molecule has 0 aliphatic heterocycles. The molecule has 0 aromatic carbocycles. The lowest BCUT2D eigenvalue weighted by atomic mass is 9.56. The minimum absolute atomic E-state index is 0.0362. The second-order valence-corrected chi connectivity index (χ2v) is 7.75. The molecule has 0 N–H and O–H groups in total. The van der Waals surface area contributed by atoms with Crippen LogP contribution < -0.4 is 0 Å². The van der Waals surface area contributed by atoms with Crippen LogP contribution in [0.3, 0.4) is 0 Å². The van der Waals surface area contributed by atoms with Gasteiger partial charge in [0.05, 0.1) is 17.6 Å². The van der Waals surface area contributed by atoms with Crippen molar-refractivity contribution < 1.29 is 0 Å². The number of hydrogen-bond acceptors (Lipinski definition) is 3. The molecular formula is C18H26N4. The Morgan fingerprint density at radius 1 is 1.23 bits per heavy atom. The van der Waals surface area contributed by atoms with Gasteiger partial charge in [-0.15, -0.1) is 0 Å². The molecule has 1 aliphatic carbocycles. The lowest BCUT2D eigenvalue weighted by Gasteiger charge is -2.48. The number of aryl methyl sites for hydroxylation is 1. The quantitative estimate of drug-likeness (QED) is 0.839. The van der Waals surface area contributed by atoms with Gasteiger partial charge in [0.15, 0.2) is 0 Å². The molecule has 3 rings (SSSR count). The minimum atomic E-state index is 0.0362. The Morgan fingerprint density at radius 2 is 1.95 bits per heavy atom. The van der Waals surface area contributed by atoms with Gasteiger partial charge in [0, 0.05) is 24.2 Å². The molecule has 4 heteroatoms. The van der Waals surface area contributed by atoms with E-state index in [-0.39, 0.29) is 10.8 Å². The number of hydrogen-bond donors (Lipinski definition) is 0. The average molecular weight is 298 g/mol. The molecule has 0 bridgehead atoms. The van der Waals surface area contributed by atoms with Crippen LogP contribution in [-0.4, -0.2) is 20.0 Å². The lowest BCUT2D eigenvalue weighted by molar-refractivity contribution is 0.139. The predicted octanol–water partition coefficient (Wildman–Crippen LogP) is 4.08. The number of aromatic nitrogens is 4. The molecule has 0 saturated heterocycles. The smallest absolute Gasteiger partial charge is 0.0964 e. The topological polar surface area (TPSA) is 43.6 Å². The molecule has 0 unspecified atom stereocenters. The summed E-state index contributed by atoms with van der Waals surface area (Å²) in [5.41, 5.74) is 4.78. The molecule has 0 radical (unpaired) electrons. The highest BCUT2D eigenvalue weighted by molar-refractivity contribution is 5.58. The summed E-state index contributed by atoms with van der Waals surface area (Å²) < 4.78 is 1.81. The van der Waals surface area contributed by atoms with Gasteiger partial charge < -0.3 is 0 Å². The van der Waals surface area contributed by atoms with E-state index >= 15 is 0 Å². The Morgan fingerprint density at radius 3 is 2.55 bits per heavy atom. The molecule has 2 heterocycles. The Kier molecular flexibility index (Phi) is 3.38. The van der Waals surface area contributed by atoms with Gasteiger partial charge in [-0.1, -0.05) is 34.6 Å². The van der Waals surface area contributed by atoms with Gasteiger partial charge >= 0.3 is 0 Å². The zero-order valence-electron chi connectivity index (χ0n) is 14.5. The standard InChI is InChI=1S/C18H26N4/c1-7-12-9-17(2,3)18(4,5)16-14(12)8-15(20-21-16)13-10-19-22(6)11-13/h8,10-12H,7,9H2,1-6H3/t12-/m1/s1. The third-order valence-corrected chi connectivity index (χ3v) is 5.80. The van der Waals surface area contributed by atoms with E-state index in [0.29, 0.717) is 5.92 Å². The van der Waals surface area contributed by atoms with Gasteiger partial charge in [0.25, 0.3) is 0 Å². The van der Waals surface area contributed by atoms with Crippen molar-refractivity contribution in [3.63, 3.8) is 0 Å². The van der Waals surface area contributed by atoms with Crippen molar-refractivity contribution in [3.05, 3.63) is 29.7 Å². The van der Waals surface area contributed by atoms with Gasteiger partial charge in [-0.25, -0.2) is 0 Å². The van der Waals surface area contributed by atoms with Crippen LogP contribution in [-0.2, 0) is 12.5 Å². The second kappa shape index (κ2) is 4.90. The first-order chi connectivity index (χ1) is 10.3. The molecule has 2 aromatic heterocycles. The van der Waals surface area contributed by atoms with E-state index in [2.05, 4.69) is 56.0 Å². The Bertz CT molecular complexity index is 697. The summed E-state index contributed by atoms with van der Waals surface area (Å²) in [6.07, 6.45) is 6.19. The Balaban J connectivity index is 2.15. The van der Waals surface area contributed by atoms with E-state index in [4.69, 9.17) is 0 Å². The number of nitrogens with zero attached hydrogens (tertiary/aromatic N) is 4.